The van der Waals surface area contributed by atoms with Gasteiger partial charge in [0.1, 0.15) is 0 Å². The fourth-order valence-corrected chi connectivity index (χ4v) is 3.71. The molecule has 0 atom stereocenters. The summed E-state index contributed by atoms with van der Waals surface area (Å²) >= 11 is 5.85. The van der Waals surface area contributed by atoms with Gasteiger partial charge in [0.25, 0.3) is 10.0 Å². The molecule has 7 nitrogen and oxygen atoms in total. The van der Waals surface area contributed by atoms with Crippen LogP contribution in [0, 0.1) is 13.8 Å². The van der Waals surface area contributed by atoms with Gasteiger partial charge in [-0.2, -0.15) is 0 Å². The van der Waals surface area contributed by atoms with Crippen molar-refractivity contribution in [3.05, 3.63) is 70.4 Å². The molecule has 0 saturated carbocycles. The number of aryl methyl sites for hydroxylation is 2. The second-order valence-electron chi connectivity index (χ2n) is 6.53. The summed E-state index contributed by atoms with van der Waals surface area (Å²) in [4.78, 5) is 12.2. The number of nitrogens with zero attached hydrogens (tertiary/aromatic N) is 1. The van der Waals surface area contributed by atoms with E-state index in [0.29, 0.717) is 34.8 Å². The second kappa shape index (κ2) is 8.67. The summed E-state index contributed by atoms with van der Waals surface area (Å²) in [6.07, 6.45) is 0.878. The van der Waals surface area contributed by atoms with Crippen LogP contribution in [-0.2, 0) is 21.2 Å². The van der Waals surface area contributed by atoms with Crippen LogP contribution in [0.1, 0.15) is 23.2 Å². The number of halogens is 1. The smallest absolute Gasteiger partial charge is 0.264 e. The van der Waals surface area contributed by atoms with Gasteiger partial charge < -0.3 is 9.84 Å². The summed E-state index contributed by atoms with van der Waals surface area (Å²) in [5.74, 6) is -0.0801. The maximum absolute atomic E-state index is 12.5. The van der Waals surface area contributed by atoms with Crippen LogP contribution in [0.25, 0.3) is 0 Å². The molecule has 0 aliphatic rings. The third kappa shape index (κ3) is 5.36. The molecule has 2 N–H and O–H groups in total. The van der Waals surface area contributed by atoms with Gasteiger partial charge in [0.05, 0.1) is 10.6 Å². The first kappa shape index (κ1) is 20.9. The minimum absolute atomic E-state index is 0.0464. The molecule has 0 saturated heterocycles. The number of hydrogen-bond donors (Lipinski definition) is 2. The summed E-state index contributed by atoms with van der Waals surface area (Å²) < 4.78 is 32.3. The lowest BCUT2D eigenvalue weighted by molar-refractivity contribution is -0.116. The Labute approximate surface area is 174 Å². The van der Waals surface area contributed by atoms with Crippen molar-refractivity contribution >= 4 is 39.1 Å². The van der Waals surface area contributed by atoms with E-state index in [1.165, 1.54) is 24.3 Å². The summed E-state index contributed by atoms with van der Waals surface area (Å²) in [6.45, 7) is 3.44. The van der Waals surface area contributed by atoms with Gasteiger partial charge in [0.15, 0.2) is 0 Å². The van der Waals surface area contributed by atoms with Gasteiger partial charge in [-0.1, -0.05) is 28.9 Å². The summed E-state index contributed by atoms with van der Waals surface area (Å²) in [5, 5.41) is 7.13. The molecule has 0 unspecified atom stereocenters. The standard InChI is InChI=1S/C20H20ClN3O4S/c1-13-14(2)23-28-20(13)24-29(26,27)18-10-8-17(9-11-18)22-19(25)12-5-15-3-6-16(21)7-4-15/h3-4,6-11,24H,5,12H2,1-2H3,(H,22,25). The topological polar surface area (TPSA) is 101 Å². The average Bonchev–Trinajstić information content (AvgIpc) is 2.99. The summed E-state index contributed by atoms with van der Waals surface area (Å²) in [6, 6.07) is 13.2. The Morgan fingerprint density at radius 3 is 2.31 bits per heavy atom. The predicted molar refractivity (Wildman–Crippen MR) is 112 cm³/mol. The van der Waals surface area contributed by atoms with Crippen molar-refractivity contribution in [2.45, 2.75) is 31.6 Å². The molecule has 9 heteroatoms. The van der Waals surface area contributed by atoms with Crippen LogP contribution in [0.15, 0.2) is 57.9 Å². The van der Waals surface area contributed by atoms with Gasteiger partial charge >= 0.3 is 0 Å². The van der Waals surface area contributed by atoms with Crippen molar-refractivity contribution in [3.8, 4) is 0 Å². The molecule has 0 radical (unpaired) electrons. The first-order valence-electron chi connectivity index (χ1n) is 8.84. The quantitative estimate of drug-likeness (QED) is 0.577. The van der Waals surface area contributed by atoms with Crippen LogP contribution in [0.2, 0.25) is 5.02 Å². The number of rotatable bonds is 7. The number of aromatic nitrogens is 1. The van der Waals surface area contributed by atoms with Crippen LogP contribution < -0.4 is 10.0 Å². The Balaban J connectivity index is 1.59. The van der Waals surface area contributed by atoms with E-state index >= 15 is 0 Å². The van der Waals surface area contributed by atoms with E-state index in [2.05, 4.69) is 15.2 Å². The average molecular weight is 434 g/mol. The monoisotopic (exact) mass is 433 g/mol. The highest BCUT2D eigenvalue weighted by molar-refractivity contribution is 7.92. The van der Waals surface area contributed by atoms with E-state index < -0.39 is 10.0 Å². The van der Waals surface area contributed by atoms with Gasteiger partial charge in [0.2, 0.25) is 11.8 Å². The minimum Gasteiger partial charge on any atom is -0.337 e. The molecule has 1 aromatic heterocycles. The second-order valence-corrected chi connectivity index (χ2v) is 8.65. The summed E-state index contributed by atoms with van der Waals surface area (Å²) in [5.41, 5.74) is 2.75. The van der Waals surface area contributed by atoms with Crippen molar-refractivity contribution in [2.75, 3.05) is 10.0 Å². The zero-order valence-electron chi connectivity index (χ0n) is 15.9. The molecule has 1 amide bonds. The van der Waals surface area contributed by atoms with E-state index in [1.807, 2.05) is 12.1 Å². The zero-order valence-corrected chi connectivity index (χ0v) is 17.5. The highest BCUT2D eigenvalue weighted by atomic mass is 35.5. The van der Waals surface area contributed by atoms with Crippen LogP contribution in [0.3, 0.4) is 0 Å². The highest BCUT2D eigenvalue weighted by Crippen LogP contribution is 2.22. The third-order valence-electron chi connectivity index (χ3n) is 4.39. The van der Waals surface area contributed by atoms with Crippen molar-refractivity contribution < 1.29 is 17.7 Å². The molecule has 3 rings (SSSR count). The number of amides is 1. The molecular weight excluding hydrogens is 414 g/mol. The maximum Gasteiger partial charge on any atom is 0.264 e. The van der Waals surface area contributed by atoms with E-state index in [0.717, 1.165) is 5.56 Å². The van der Waals surface area contributed by atoms with E-state index in [4.69, 9.17) is 16.1 Å². The van der Waals surface area contributed by atoms with Crippen LogP contribution in [0.4, 0.5) is 11.6 Å². The van der Waals surface area contributed by atoms with E-state index in [-0.39, 0.29) is 16.7 Å². The van der Waals surface area contributed by atoms with Crippen molar-refractivity contribution in [1.82, 2.24) is 5.16 Å². The van der Waals surface area contributed by atoms with Crippen LogP contribution in [-0.4, -0.2) is 19.5 Å². The van der Waals surface area contributed by atoms with Gasteiger partial charge in [-0.25, -0.2) is 13.1 Å². The number of carbonyl (C=O) groups excluding carboxylic acids is 1. The SMILES string of the molecule is Cc1noc(NS(=O)(=O)c2ccc(NC(=O)CCc3ccc(Cl)cc3)cc2)c1C. The van der Waals surface area contributed by atoms with E-state index in [9.17, 15) is 13.2 Å². The first-order chi connectivity index (χ1) is 13.7. The molecule has 0 spiro atoms. The molecule has 152 valence electrons. The molecule has 0 bridgehead atoms. The first-order valence-corrected chi connectivity index (χ1v) is 10.7. The number of benzene rings is 2. The predicted octanol–water partition coefficient (Wildman–Crippen LogP) is 4.32. The molecule has 1 heterocycles. The Morgan fingerprint density at radius 2 is 1.72 bits per heavy atom. The van der Waals surface area contributed by atoms with Crippen molar-refractivity contribution in [2.24, 2.45) is 0 Å². The fourth-order valence-electron chi connectivity index (χ4n) is 2.54. The summed E-state index contributed by atoms with van der Waals surface area (Å²) in [7, 11) is -3.82. The highest BCUT2D eigenvalue weighted by Gasteiger charge is 2.19. The van der Waals surface area contributed by atoms with Gasteiger partial charge in [-0.05, 0) is 62.2 Å². The zero-order chi connectivity index (χ0) is 21.0. The Hall–Kier alpha value is -2.84. The normalized spacial score (nSPS) is 11.3. The van der Waals surface area contributed by atoms with Crippen molar-refractivity contribution in [1.29, 1.82) is 0 Å². The largest absolute Gasteiger partial charge is 0.337 e. The van der Waals surface area contributed by atoms with Crippen LogP contribution in [0.5, 0.6) is 0 Å². The Morgan fingerprint density at radius 1 is 1.07 bits per heavy atom. The van der Waals surface area contributed by atoms with Crippen molar-refractivity contribution in [3.63, 3.8) is 0 Å². The maximum atomic E-state index is 12.5. The number of anilines is 2. The minimum atomic E-state index is -3.82. The molecule has 0 aliphatic heterocycles. The molecule has 0 fully saturated rings. The Kier molecular flexibility index (Phi) is 6.24. The lowest BCUT2D eigenvalue weighted by atomic mass is 10.1. The number of nitrogens with one attached hydrogen (secondary N) is 2. The number of hydrogen-bond acceptors (Lipinski definition) is 5. The van der Waals surface area contributed by atoms with Crippen LogP contribution >= 0.6 is 11.6 Å². The molecular formula is C20H20ClN3O4S. The number of carbonyl (C=O) groups is 1. The number of sulfonamides is 1. The van der Waals surface area contributed by atoms with Gasteiger partial charge in [-0.3, -0.25) is 4.79 Å². The van der Waals surface area contributed by atoms with Gasteiger partial charge in [0, 0.05) is 22.7 Å². The molecule has 3 aromatic rings. The molecule has 29 heavy (non-hydrogen) atoms. The fraction of sp³-hybridized carbons (Fsp3) is 0.200. The lowest BCUT2D eigenvalue weighted by Crippen LogP contribution is -2.14. The Bertz CT molecular complexity index is 1110. The van der Waals surface area contributed by atoms with Gasteiger partial charge in [-0.15, -0.1) is 0 Å². The third-order valence-corrected chi connectivity index (χ3v) is 5.99. The molecule has 0 aliphatic carbocycles. The molecule has 2 aromatic carbocycles. The lowest BCUT2D eigenvalue weighted by Gasteiger charge is -2.08. The van der Waals surface area contributed by atoms with E-state index in [1.54, 1.807) is 26.0 Å².